The van der Waals surface area contributed by atoms with Crippen molar-refractivity contribution in [3.63, 3.8) is 0 Å². The number of hydrogen-bond acceptors (Lipinski definition) is 3. The molecule has 2 rings (SSSR count). The Balaban J connectivity index is 1.43. The minimum atomic E-state index is 0.929. The molecule has 2 fully saturated rings. The van der Waals surface area contributed by atoms with Crippen LogP contribution in [0.25, 0.3) is 0 Å². The predicted molar refractivity (Wildman–Crippen MR) is 73.4 cm³/mol. The second-order valence-corrected chi connectivity index (χ2v) is 5.85. The normalized spacial score (nSPS) is 24.5. The van der Waals surface area contributed by atoms with E-state index in [1.807, 2.05) is 0 Å². The van der Waals surface area contributed by atoms with Crippen LogP contribution in [0.3, 0.4) is 0 Å². The standard InChI is InChI=1S/C14H29N3/c1-16-11-5-14(6-12-16)13-15-7-4-10-17-8-2-3-9-17/h14-15H,2-13H2,1H3. The number of rotatable bonds is 6. The van der Waals surface area contributed by atoms with E-state index in [2.05, 4.69) is 22.2 Å². The zero-order valence-electron chi connectivity index (χ0n) is 11.5. The molecular formula is C14H29N3. The molecule has 2 aliphatic heterocycles. The van der Waals surface area contributed by atoms with E-state index in [1.54, 1.807) is 0 Å². The van der Waals surface area contributed by atoms with Gasteiger partial charge in [0.25, 0.3) is 0 Å². The highest BCUT2D eigenvalue weighted by molar-refractivity contribution is 4.72. The van der Waals surface area contributed by atoms with Gasteiger partial charge in [-0.15, -0.1) is 0 Å². The summed E-state index contributed by atoms with van der Waals surface area (Å²) in [5.41, 5.74) is 0. The van der Waals surface area contributed by atoms with E-state index in [1.165, 1.54) is 77.9 Å². The van der Waals surface area contributed by atoms with Crippen LogP contribution >= 0.6 is 0 Å². The van der Waals surface area contributed by atoms with Crippen molar-refractivity contribution >= 4 is 0 Å². The molecule has 3 heteroatoms. The van der Waals surface area contributed by atoms with Gasteiger partial charge in [0.2, 0.25) is 0 Å². The van der Waals surface area contributed by atoms with E-state index < -0.39 is 0 Å². The van der Waals surface area contributed by atoms with Crippen molar-refractivity contribution in [2.45, 2.75) is 32.1 Å². The van der Waals surface area contributed by atoms with E-state index >= 15 is 0 Å². The van der Waals surface area contributed by atoms with E-state index in [4.69, 9.17) is 0 Å². The Hall–Kier alpha value is -0.120. The molecule has 0 atom stereocenters. The Kier molecular flexibility index (Phi) is 5.75. The summed E-state index contributed by atoms with van der Waals surface area (Å²) < 4.78 is 0. The lowest BCUT2D eigenvalue weighted by Crippen LogP contribution is -2.35. The molecule has 0 aromatic heterocycles. The van der Waals surface area contributed by atoms with Crippen molar-refractivity contribution in [1.29, 1.82) is 0 Å². The Labute approximate surface area is 107 Å². The Morgan fingerprint density at radius 1 is 1.06 bits per heavy atom. The molecule has 2 aliphatic rings. The lowest BCUT2D eigenvalue weighted by molar-refractivity contribution is 0.215. The smallest absolute Gasteiger partial charge is 0.000664 e. The quantitative estimate of drug-likeness (QED) is 0.707. The average Bonchev–Trinajstić information content (AvgIpc) is 2.84. The van der Waals surface area contributed by atoms with Crippen molar-refractivity contribution < 1.29 is 0 Å². The molecule has 2 saturated heterocycles. The lowest BCUT2D eigenvalue weighted by atomic mass is 9.97. The van der Waals surface area contributed by atoms with Gasteiger partial charge >= 0.3 is 0 Å². The van der Waals surface area contributed by atoms with Crippen molar-refractivity contribution in [2.75, 3.05) is 52.9 Å². The second kappa shape index (κ2) is 7.34. The molecule has 1 N–H and O–H groups in total. The molecule has 3 nitrogen and oxygen atoms in total. The SMILES string of the molecule is CN1CCC(CNCCCN2CCCC2)CC1. The molecule has 0 aliphatic carbocycles. The van der Waals surface area contributed by atoms with Crippen LogP contribution in [0.4, 0.5) is 0 Å². The topological polar surface area (TPSA) is 18.5 Å². The summed E-state index contributed by atoms with van der Waals surface area (Å²) in [4.78, 5) is 5.06. The first-order valence-corrected chi connectivity index (χ1v) is 7.46. The fourth-order valence-electron chi connectivity index (χ4n) is 3.01. The average molecular weight is 239 g/mol. The minimum Gasteiger partial charge on any atom is -0.316 e. The van der Waals surface area contributed by atoms with Gasteiger partial charge in [-0.3, -0.25) is 0 Å². The van der Waals surface area contributed by atoms with Gasteiger partial charge in [0.15, 0.2) is 0 Å². The molecule has 0 spiro atoms. The van der Waals surface area contributed by atoms with E-state index in [0.29, 0.717) is 0 Å². The molecule has 0 bridgehead atoms. The zero-order valence-corrected chi connectivity index (χ0v) is 11.5. The first-order valence-electron chi connectivity index (χ1n) is 7.46. The van der Waals surface area contributed by atoms with Gasteiger partial charge < -0.3 is 15.1 Å². The monoisotopic (exact) mass is 239 g/mol. The number of hydrogen-bond donors (Lipinski definition) is 1. The fraction of sp³-hybridized carbons (Fsp3) is 1.00. The first-order chi connectivity index (χ1) is 8.34. The van der Waals surface area contributed by atoms with Crippen LogP contribution in [0.1, 0.15) is 32.1 Å². The third kappa shape index (κ3) is 4.94. The molecule has 17 heavy (non-hydrogen) atoms. The summed E-state index contributed by atoms with van der Waals surface area (Å²) in [6, 6.07) is 0. The van der Waals surface area contributed by atoms with Crippen LogP contribution in [0.15, 0.2) is 0 Å². The van der Waals surface area contributed by atoms with Crippen LogP contribution in [0.5, 0.6) is 0 Å². The van der Waals surface area contributed by atoms with E-state index in [9.17, 15) is 0 Å². The predicted octanol–water partition coefficient (Wildman–Crippen LogP) is 1.40. The summed E-state index contributed by atoms with van der Waals surface area (Å²) in [6.45, 7) is 9.03. The second-order valence-electron chi connectivity index (χ2n) is 5.85. The molecule has 0 saturated carbocycles. The highest BCUT2D eigenvalue weighted by atomic mass is 15.1. The number of likely N-dealkylation sites (tertiary alicyclic amines) is 2. The van der Waals surface area contributed by atoms with Crippen LogP contribution in [0.2, 0.25) is 0 Å². The first kappa shape index (κ1) is 13.3. The van der Waals surface area contributed by atoms with Gasteiger partial charge in [-0.2, -0.15) is 0 Å². The van der Waals surface area contributed by atoms with Gasteiger partial charge in [-0.25, -0.2) is 0 Å². The van der Waals surface area contributed by atoms with Crippen LogP contribution in [-0.2, 0) is 0 Å². The molecule has 100 valence electrons. The Morgan fingerprint density at radius 2 is 1.76 bits per heavy atom. The minimum absolute atomic E-state index is 0.929. The van der Waals surface area contributed by atoms with Gasteiger partial charge in [0, 0.05) is 0 Å². The van der Waals surface area contributed by atoms with Gasteiger partial charge in [-0.05, 0) is 90.9 Å². The van der Waals surface area contributed by atoms with Crippen molar-refractivity contribution in [1.82, 2.24) is 15.1 Å². The van der Waals surface area contributed by atoms with Crippen LogP contribution in [0, 0.1) is 5.92 Å². The van der Waals surface area contributed by atoms with Crippen molar-refractivity contribution in [2.24, 2.45) is 5.92 Å². The van der Waals surface area contributed by atoms with Gasteiger partial charge in [0.05, 0.1) is 0 Å². The molecule has 0 radical (unpaired) electrons. The third-order valence-electron chi connectivity index (χ3n) is 4.30. The van der Waals surface area contributed by atoms with E-state index in [-0.39, 0.29) is 0 Å². The highest BCUT2D eigenvalue weighted by Crippen LogP contribution is 2.14. The maximum atomic E-state index is 3.65. The third-order valence-corrected chi connectivity index (χ3v) is 4.30. The molecule has 2 heterocycles. The largest absolute Gasteiger partial charge is 0.316 e. The summed E-state index contributed by atoms with van der Waals surface area (Å²) >= 11 is 0. The molecule has 0 aromatic carbocycles. The van der Waals surface area contributed by atoms with Gasteiger partial charge in [0.1, 0.15) is 0 Å². The highest BCUT2D eigenvalue weighted by Gasteiger charge is 2.16. The van der Waals surface area contributed by atoms with E-state index in [0.717, 1.165) is 5.92 Å². The Bertz CT molecular complexity index is 194. The summed E-state index contributed by atoms with van der Waals surface area (Å²) in [6.07, 6.45) is 6.93. The Morgan fingerprint density at radius 3 is 2.47 bits per heavy atom. The number of piperidine rings is 1. The zero-order chi connectivity index (χ0) is 11.9. The molecule has 0 aromatic rings. The summed E-state index contributed by atoms with van der Waals surface area (Å²) in [5, 5.41) is 3.65. The number of nitrogens with one attached hydrogen (secondary N) is 1. The van der Waals surface area contributed by atoms with Gasteiger partial charge in [-0.1, -0.05) is 0 Å². The number of nitrogens with zero attached hydrogens (tertiary/aromatic N) is 2. The molecular weight excluding hydrogens is 210 g/mol. The maximum Gasteiger partial charge on any atom is -0.000664 e. The molecule has 0 amide bonds. The summed E-state index contributed by atoms with van der Waals surface area (Å²) in [7, 11) is 2.24. The maximum absolute atomic E-state index is 3.65. The molecule has 0 unspecified atom stereocenters. The summed E-state index contributed by atoms with van der Waals surface area (Å²) in [5.74, 6) is 0.929. The van der Waals surface area contributed by atoms with Crippen LogP contribution < -0.4 is 5.32 Å². The van der Waals surface area contributed by atoms with Crippen LogP contribution in [-0.4, -0.2) is 62.7 Å². The van der Waals surface area contributed by atoms with Crippen molar-refractivity contribution in [3.8, 4) is 0 Å². The van der Waals surface area contributed by atoms with Crippen molar-refractivity contribution in [3.05, 3.63) is 0 Å². The fourth-order valence-corrected chi connectivity index (χ4v) is 3.01. The lowest BCUT2D eigenvalue weighted by Gasteiger charge is -2.29.